The van der Waals surface area contributed by atoms with Crippen LogP contribution in [0.5, 0.6) is 17.8 Å². The van der Waals surface area contributed by atoms with Crippen LogP contribution in [-0.4, -0.2) is 41.4 Å². The maximum absolute atomic E-state index is 12.4. The Hall–Kier alpha value is -3.61. The first kappa shape index (κ1) is 20.1. The molecule has 0 fully saturated rings. The first-order chi connectivity index (χ1) is 14.0. The molecule has 29 heavy (non-hydrogen) atoms. The minimum absolute atomic E-state index is 0.147. The lowest BCUT2D eigenvalue weighted by molar-refractivity contribution is -0.148. The number of methoxy groups -OCH3 is 2. The van der Waals surface area contributed by atoms with Crippen LogP contribution >= 0.6 is 0 Å². The number of carbonyl (C=O) groups is 1. The maximum atomic E-state index is 12.4. The standard InChI is InChI=1S/C22H22N2O5/c1-22(15-10-6-4-7-11-15,16-12-8-5-9-13-16)19(20(25)26)29-21-23-17(27-2)14-18(24-21)28-3/h4-14,19H,1-3H3,(H,25,26). The number of aliphatic carboxylic acids is 1. The summed E-state index contributed by atoms with van der Waals surface area (Å²) < 4.78 is 16.1. The molecule has 1 heterocycles. The molecule has 2 aromatic carbocycles. The summed E-state index contributed by atoms with van der Waals surface area (Å²) in [5.74, 6) is -0.736. The highest BCUT2D eigenvalue weighted by atomic mass is 16.5. The summed E-state index contributed by atoms with van der Waals surface area (Å²) in [6.07, 6.45) is -1.32. The molecule has 7 heteroatoms. The van der Waals surface area contributed by atoms with E-state index in [1.807, 2.05) is 67.6 Å². The number of rotatable bonds is 8. The molecular formula is C22H22N2O5. The van der Waals surface area contributed by atoms with Gasteiger partial charge in [-0.15, -0.1) is 0 Å². The Kier molecular flexibility index (Phi) is 5.97. The number of benzene rings is 2. The number of hydrogen-bond acceptors (Lipinski definition) is 6. The summed E-state index contributed by atoms with van der Waals surface area (Å²) in [5.41, 5.74) is 0.551. The third-order valence-electron chi connectivity index (χ3n) is 4.80. The van der Waals surface area contributed by atoms with E-state index in [-0.39, 0.29) is 17.8 Å². The van der Waals surface area contributed by atoms with E-state index in [1.165, 1.54) is 20.3 Å². The van der Waals surface area contributed by atoms with Gasteiger partial charge in [-0.2, -0.15) is 9.97 Å². The molecule has 0 bridgehead atoms. The van der Waals surface area contributed by atoms with E-state index in [4.69, 9.17) is 14.2 Å². The van der Waals surface area contributed by atoms with Crippen molar-refractivity contribution in [1.82, 2.24) is 9.97 Å². The molecule has 1 atom stereocenters. The van der Waals surface area contributed by atoms with Crippen molar-refractivity contribution >= 4 is 5.97 Å². The highest BCUT2D eigenvalue weighted by Crippen LogP contribution is 2.37. The molecule has 1 unspecified atom stereocenters. The normalized spacial score (nSPS) is 12.1. The molecule has 3 rings (SSSR count). The lowest BCUT2D eigenvalue weighted by atomic mass is 9.72. The van der Waals surface area contributed by atoms with E-state index in [2.05, 4.69) is 9.97 Å². The molecule has 7 nitrogen and oxygen atoms in total. The monoisotopic (exact) mass is 394 g/mol. The predicted octanol–water partition coefficient (Wildman–Crippen LogP) is 3.33. The van der Waals surface area contributed by atoms with Gasteiger partial charge in [-0.3, -0.25) is 0 Å². The van der Waals surface area contributed by atoms with Crippen LogP contribution in [-0.2, 0) is 10.2 Å². The molecule has 0 aliphatic rings. The van der Waals surface area contributed by atoms with Crippen molar-refractivity contribution in [3.8, 4) is 17.8 Å². The van der Waals surface area contributed by atoms with Crippen molar-refractivity contribution in [3.63, 3.8) is 0 Å². The third-order valence-corrected chi connectivity index (χ3v) is 4.80. The van der Waals surface area contributed by atoms with E-state index < -0.39 is 17.5 Å². The largest absolute Gasteiger partial charge is 0.481 e. The predicted molar refractivity (Wildman–Crippen MR) is 107 cm³/mol. The van der Waals surface area contributed by atoms with Crippen LogP contribution in [0.15, 0.2) is 66.7 Å². The second-order valence-corrected chi connectivity index (χ2v) is 6.51. The quantitative estimate of drug-likeness (QED) is 0.627. The summed E-state index contributed by atoms with van der Waals surface area (Å²) in [5, 5.41) is 10.1. The van der Waals surface area contributed by atoms with Crippen molar-refractivity contribution in [2.24, 2.45) is 0 Å². The zero-order valence-corrected chi connectivity index (χ0v) is 16.4. The molecule has 0 aliphatic heterocycles. The van der Waals surface area contributed by atoms with Crippen LogP contribution in [0.4, 0.5) is 0 Å². The molecule has 0 spiro atoms. The fraction of sp³-hybridized carbons (Fsp3) is 0.227. The van der Waals surface area contributed by atoms with Crippen molar-refractivity contribution in [2.75, 3.05) is 14.2 Å². The Balaban J connectivity index is 2.13. The number of carboxylic acid groups (broad SMARTS) is 1. The fourth-order valence-electron chi connectivity index (χ4n) is 3.20. The maximum Gasteiger partial charge on any atom is 0.346 e. The van der Waals surface area contributed by atoms with Gasteiger partial charge in [0.15, 0.2) is 0 Å². The Labute approximate surface area is 168 Å². The molecule has 0 saturated carbocycles. The van der Waals surface area contributed by atoms with Crippen molar-refractivity contribution < 1.29 is 24.1 Å². The third kappa shape index (κ3) is 4.13. The van der Waals surface area contributed by atoms with E-state index in [1.54, 1.807) is 0 Å². The van der Waals surface area contributed by atoms with Crippen LogP contribution in [0.3, 0.4) is 0 Å². The molecular weight excluding hydrogens is 372 g/mol. The van der Waals surface area contributed by atoms with Gasteiger partial charge >= 0.3 is 12.0 Å². The molecule has 3 aromatic rings. The van der Waals surface area contributed by atoms with E-state index in [0.29, 0.717) is 0 Å². The molecule has 1 aromatic heterocycles. The van der Waals surface area contributed by atoms with Crippen molar-refractivity contribution in [1.29, 1.82) is 0 Å². The van der Waals surface area contributed by atoms with Crippen LogP contribution in [0.1, 0.15) is 18.1 Å². The van der Waals surface area contributed by atoms with Crippen LogP contribution in [0.25, 0.3) is 0 Å². The summed E-state index contributed by atoms with van der Waals surface area (Å²) in [4.78, 5) is 20.6. The van der Waals surface area contributed by atoms with Gasteiger partial charge in [0.1, 0.15) is 0 Å². The SMILES string of the molecule is COc1cc(OC)nc(OC(C(=O)O)C(C)(c2ccccc2)c2ccccc2)n1. The highest BCUT2D eigenvalue weighted by molar-refractivity contribution is 5.76. The number of ether oxygens (including phenoxy) is 3. The second kappa shape index (κ2) is 8.60. The van der Waals surface area contributed by atoms with Gasteiger partial charge < -0.3 is 19.3 Å². The molecule has 0 saturated heterocycles. The minimum atomic E-state index is -1.32. The van der Waals surface area contributed by atoms with E-state index in [9.17, 15) is 9.90 Å². The molecule has 1 N–H and O–H groups in total. The molecule has 150 valence electrons. The highest BCUT2D eigenvalue weighted by Gasteiger charge is 2.45. The van der Waals surface area contributed by atoms with Crippen LogP contribution in [0, 0.1) is 0 Å². The first-order valence-corrected chi connectivity index (χ1v) is 8.96. The Morgan fingerprint density at radius 1 is 0.897 bits per heavy atom. The van der Waals surface area contributed by atoms with E-state index >= 15 is 0 Å². The summed E-state index contributed by atoms with van der Waals surface area (Å²) in [7, 11) is 2.89. The second-order valence-electron chi connectivity index (χ2n) is 6.51. The van der Waals surface area contributed by atoms with Gasteiger partial charge in [-0.05, 0) is 18.1 Å². The smallest absolute Gasteiger partial charge is 0.346 e. The van der Waals surface area contributed by atoms with Gasteiger partial charge in [-0.1, -0.05) is 60.7 Å². The number of nitrogens with zero attached hydrogens (tertiary/aromatic N) is 2. The van der Waals surface area contributed by atoms with Gasteiger partial charge in [0.2, 0.25) is 17.9 Å². The van der Waals surface area contributed by atoms with Crippen LogP contribution < -0.4 is 14.2 Å². The Morgan fingerprint density at radius 3 is 1.72 bits per heavy atom. The van der Waals surface area contributed by atoms with Gasteiger partial charge in [0, 0.05) is 0 Å². The lowest BCUT2D eigenvalue weighted by Crippen LogP contribution is -2.47. The first-order valence-electron chi connectivity index (χ1n) is 8.96. The average molecular weight is 394 g/mol. The van der Waals surface area contributed by atoms with Gasteiger partial charge in [-0.25, -0.2) is 4.79 Å². The number of aromatic nitrogens is 2. The van der Waals surface area contributed by atoms with Crippen LogP contribution in [0.2, 0.25) is 0 Å². The lowest BCUT2D eigenvalue weighted by Gasteiger charge is -2.35. The molecule has 0 aliphatic carbocycles. The zero-order chi connectivity index (χ0) is 20.9. The van der Waals surface area contributed by atoms with Gasteiger partial charge in [0.25, 0.3) is 0 Å². The zero-order valence-electron chi connectivity index (χ0n) is 16.4. The Morgan fingerprint density at radius 2 is 1.34 bits per heavy atom. The van der Waals surface area contributed by atoms with E-state index in [0.717, 1.165) is 11.1 Å². The van der Waals surface area contributed by atoms with Crippen molar-refractivity contribution in [3.05, 3.63) is 77.9 Å². The number of carboxylic acids is 1. The van der Waals surface area contributed by atoms with Gasteiger partial charge in [0.05, 0.1) is 25.7 Å². The summed E-state index contributed by atoms with van der Waals surface area (Å²) in [6.45, 7) is 1.83. The number of hydrogen-bond donors (Lipinski definition) is 1. The topological polar surface area (TPSA) is 90.8 Å². The average Bonchev–Trinajstić information content (AvgIpc) is 2.77. The minimum Gasteiger partial charge on any atom is -0.481 e. The Bertz CT molecular complexity index is 902. The fourth-order valence-corrected chi connectivity index (χ4v) is 3.20. The summed E-state index contributed by atoms with van der Waals surface area (Å²) in [6, 6.07) is 20.0. The van der Waals surface area contributed by atoms with Crippen molar-refractivity contribution in [2.45, 2.75) is 18.4 Å². The summed E-state index contributed by atoms with van der Waals surface area (Å²) >= 11 is 0. The molecule has 0 radical (unpaired) electrons. The molecule has 0 amide bonds.